The number of nitrogens with zero attached hydrogens (tertiary/aromatic N) is 2. The summed E-state index contributed by atoms with van der Waals surface area (Å²) in [5.74, 6) is 0.126. The number of hydrogen-bond acceptors (Lipinski definition) is 3. The van der Waals surface area contributed by atoms with E-state index in [1.807, 2.05) is 35.1 Å². The Labute approximate surface area is 166 Å². The van der Waals surface area contributed by atoms with Gasteiger partial charge in [0.1, 0.15) is 5.69 Å². The molecule has 1 N–H and O–H groups in total. The number of carbonyl (C=O) groups is 1. The highest BCUT2D eigenvalue weighted by Crippen LogP contribution is 2.24. The highest BCUT2D eigenvalue weighted by Gasteiger charge is 2.31. The van der Waals surface area contributed by atoms with Gasteiger partial charge in [0.15, 0.2) is 0 Å². The molecule has 1 aliphatic rings. The van der Waals surface area contributed by atoms with Crippen LogP contribution in [0.15, 0.2) is 36.5 Å². The lowest BCUT2D eigenvalue weighted by atomic mass is 9.82. The molecule has 1 aromatic carbocycles. The zero-order valence-corrected chi connectivity index (χ0v) is 17.0. The maximum atomic E-state index is 12.9. The Kier molecular flexibility index (Phi) is 6.22. The second kappa shape index (κ2) is 8.44. The molecule has 2 heterocycles. The zero-order chi connectivity index (χ0) is 19.4. The largest absolute Gasteiger partial charge is 0.381 e. The van der Waals surface area contributed by atoms with Gasteiger partial charge in [0.2, 0.25) is 0 Å². The van der Waals surface area contributed by atoms with Gasteiger partial charge < -0.3 is 10.1 Å². The van der Waals surface area contributed by atoms with Crippen molar-refractivity contribution in [2.45, 2.75) is 51.6 Å². The van der Waals surface area contributed by atoms with Gasteiger partial charge in [0.25, 0.3) is 5.91 Å². The van der Waals surface area contributed by atoms with Crippen LogP contribution in [0, 0.1) is 5.92 Å². The van der Waals surface area contributed by atoms with Crippen molar-refractivity contribution in [1.82, 2.24) is 15.1 Å². The van der Waals surface area contributed by atoms with Gasteiger partial charge in [-0.15, -0.1) is 0 Å². The third kappa shape index (κ3) is 4.90. The van der Waals surface area contributed by atoms with Gasteiger partial charge in [0.05, 0.1) is 6.04 Å². The van der Waals surface area contributed by atoms with E-state index in [4.69, 9.17) is 16.3 Å². The lowest BCUT2D eigenvalue weighted by Crippen LogP contribution is -2.51. The van der Waals surface area contributed by atoms with Crippen LogP contribution in [-0.2, 0) is 11.2 Å². The van der Waals surface area contributed by atoms with Crippen LogP contribution in [0.25, 0.3) is 0 Å². The van der Waals surface area contributed by atoms with Crippen molar-refractivity contribution < 1.29 is 9.53 Å². The number of carbonyl (C=O) groups excluding carboxylic acids is 1. The minimum absolute atomic E-state index is 0.133. The fourth-order valence-electron chi connectivity index (χ4n) is 3.35. The van der Waals surface area contributed by atoms with Gasteiger partial charge in [-0.2, -0.15) is 5.10 Å². The number of nitrogens with one attached hydrogen (secondary N) is 1. The molecule has 5 nitrogen and oxygen atoms in total. The van der Waals surface area contributed by atoms with Crippen molar-refractivity contribution in [2.75, 3.05) is 13.2 Å². The molecule has 1 fully saturated rings. The molecule has 6 heteroatoms. The van der Waals surface area contributed by atoms with Gasteiger partial charge in [-0.3, -0.25) is 9.48 Å². The fraction of sp³-hybridized carbons (Fsp3) is 0.524. The van der Waals surface area contributed by atoms with E-state index in [9.17, 15) is 4.79 Å². The molecule has 0 saturated carbocycles. The first-order valence-electron chi connectivity index (χ1n) is 9.57. The third-order valence-electron chi connectivity index (χ3n) is 5.56. The quantitative estimate of drug-likeness (QED) is 0.802. The number of amides is 1. The molecule has 1 atom stereocenters. The van der Waals surface area contributed by atoms with Crippen LogP contribution in [0.2, 0.25) is 5.02 Å². The maximum absolute atomic E-state index is 12.9. The summed E-state index contributed by atoms with van der Waals surface area (Å²) in [4.78, 5) is 12.9. The van der Waals surface area contributed by atoms with Crippen LogP contribution in [0.4, 0.5) is 0 Å². The molecule has 1 saturated heterocycles. The number of hydrogen-bond donors (Lipinski definition) is 1. The van der Waals surface area contributed by atoms with Crippen LogP contribution in [0.5, 0.6) is 0 Å². The maximum Gasteiger partial charge on any atom is 0.272 e. The minimum Gasteiger partial charge on any atom is -0.381 e. The van der Waals surface area contributed by atoms with E-state index < -0.39 is 0 Å². The fourth-order valence-corrected chi connectivity index (χ4v) is 3.48. The molecule has 1 amide bonds. The molecule has 0 aliphatic carbocycles. The van der Waals surface area contributed by atoms with E-state index in [0.29, 0.717) is 16.8 Å². The standard InChI is InChI=1S/C21H28ClN3O2/c1-15(2)21(3,14-16-4-6-17(22)7-5-16)23-20(26)19-8-11-25(24-19)18-9-12-27-13-10-18/h4-8,11,15,18H,9-10,12-14H2,1-3H3,(H,23,26). The van der Waals surface area contributed by atoms with Gasteiger partial charge in [-0.1, -0.05) is 37.6 Å². The van der Waals surface area contributed by atoms with Crippen molar-refractivity contribution in [3.05, 3.63) is 52.8 Å². The molecule has 27 heavy (non-hydrogen) atoms. The number of rotatable bonds is 6. The van der Waals surface area contributed by atoms with Crippen LogP contribution in [-0.4, -0.2) is 34.4 Å². The van der Waals surface area contributed by atoms with Crippen LogP contribution < -0.4 is 5.32 Å². The van der Waals surface area contributed by atoms with E-state index in [0.717, 1.165) is 38.0 Å². The van der Waals surface area contributed by atoms with E-state index in [1.165, 1.54) is 0 Å². The van der Waals surface area contributed by atoms with Crippen molar-refractivity contribution >= 4 is 17.5 Å². The minimum atomic E-state index is -0.382. The Balaban J connectivity index is 1.71. The number of aromatic nitrogens is 2. The molecule has 2 aromatic rings. The SMILES string of the molecule is CC(C)C(C)(Cc1ccc(Cl)cc1)NC(=O)c1ccn(C2CCOCC2)n1. The zero-order valence-electron chi connectivity index (χ0n) is 16.2. The summed E-state index contributed by atoms with van der Waals surface area (Å²) >= 11 is 5.99. The third-order valence-corrected chi connectivity index (χ3v) is 5.82. The van der Waals surface area contributed by atoms with Crippen LogP contribution in [0.3, 0.4) is 0 Å². The Morgan fingerprint density at radius 2 is 1.96 bits per heavy atom. The second-order valence-corrected chi connectivity index (χ2v) is 8.29. The van der Waals surface area contributed by atoms with Crippen molar-refractivity contribution in [3.63, 3.8) is 0 Å². The monoisotopic (exact) mass is 389 g/mol. The average Bonchev–Trinajstić information content (AvgIpc) is 3.15. The summed E-state index contributed by atoms with van der Waals surface area (Å²) in [5, 5.41) is 8.46. The van der Waals surface area contributed by atoms with E-state index >= 15 is 0 Å². The number of halogens is 1. The first-order chi connectivity index (χ1) is 12.9. The average molecular weight is 390 g/mol. The second-order valence-electron chi connectivity index (χ2n) is 7.85. The molecule has 1 unspecified atom stereocenters. The number of benzene rings is 1. The smallest absolute Gasteiger partial charge is 0.272 e. The van der Waals surface area contributed by atoms with Gasteiger partial charge in [-0.05, 0) is 55.9 Å². The first kappa shape index (κ1) is 19.9. The summed E-state index contributed by atoms with van der Waals surface area (Å²) in [5.41, 5.74) is 1.22. The summed E-state index contributed by atoms with van der Waals surface area (Å²) in [6, 6.07) is 9.90. The van der Waals surface area contributed by atoms with Gasteiger partial charge in [0, 0.05) is 30.0 Å². The molecule has 0 spiro atoms. The summed E-state index contributed by atoms with van der Waals surface area (Å²) < 4.78 is 7.31. The first-order valence-corrected chi connectivity index (χ1v) is 9.95. The Hall–Kier alpha value is -1.85. The Morgan fingerprint density at radius 1 is 1.30 bits per heavy atom. The summed E-state index contributed by atoms with van der Waals surface area (Å²) in [6.07, 6.45) is 4.50. The normalized spacial score (nSPS) is 17.7. The Morgan fingerprint density at radius 3 is 2.59 bits per heavy atom. The van der Waals surface area contributed by atoms with Crippen molar-refractivity contribution in [3.8, 4) is 0 Å². The van der Waals surface area contributed by atoms with Crippen molar-refractivity contribution in [1.29, 1.82) is 0 Å². The number of ether oxygens (including phenoxy) is 1. The molecular formula is C21H28ClN3O2. The predicted octanol–water partition coefficient (Wildman–Crippen LogP) is 4.28. The highest BCUT2D eigenvalue weighted by molar-refractivity contribution is 6.30. The lowest BCUT2D eigenvalue weighted by molar-refractivity contribution is 0.0659. The summed E-state index contributed by atoms with van der Waals surface area (Å²) in [7, 11) is 0. The van der Waals surface area contributed by atoms with Crippen LogP contribution in [0.1, 0.15) is 55.7 Å². The predicted molar refractivity (Wildman–Crippen MR) is 107 cm³/mol. The molecule has 0 radical (unpaired) electrons. The molecule has 1 aromatic heterocycles. The van der Waals surface area contributed by atoms with E-state index in [-0.39, 0.29) is 17.4 Å². The van der Waals surface area contributed by atoms with E-state index in [2.05, 4.69) is 31.2 Å². The molecule has 146 valence electrons. The highest BCUT2D eigenvalue weighted by atomic mass is 35.5. The van der Waals surface area contributed by atoms with Gasteiger partial charge in [-0.25, -0.2) is 0 Å². The lowest BCUT2D eigenvalue weighted by Gasteiger charge is -2.35. The van der Waals surface area contributed by atoms with Crippen molar-refractivity contribution in [2.24, 2.45) is 5.92 Å². The molecular weight excluding hydrogens is 362 g/mol. The summed E-state index contributed by atoms with van der Waals surface area (Å²) in [6.45, 7) is 7.82. The van der Waals surface area contributed by atoms with Gasteiger partial charge >= 0.3 is 0 Å². The molecule has 3 rings (SSSR count). The topological polar surface area (TPSA) is 56.2 Å². The Bertz CT molecular complexity index is 766. The van der Waals surface area contributed by atoms with Crippen LogP contribution >= 0.6 is 11.6 Å². The molecule has 0 bridgehead atoms. The molecule has 1 aliphatic heterocycles. The van der Waals surface area contributed by atoms with E-state index in [1.54, 1.807) is 6.07 Å².